The molecule has 0 heterocycles. The molecule has 0 fully saturated rings. The van der Waals surface area contributed by atoms with Crippen molar-refractivity contribution in [2.75, 3.05) is 13.2 Å². The number of rotatable bonds is 9. The molecule has 5 nitrogen and oxygen atoms in total. The van der Waals surface area contributed by atoms with Crippen molar-refractivity contribution in [3.63, 3.8) is 0 Å². The highest BCUT2D eigenvalue weighted by atomic mass is 35.5. The summed E-state index contributed by atoms with van der Waals surface area (Å²) in [5.41, 5.74) is 1.88. The van der Waals surface area contributed by atoms with Gasteiger partial charge in [0.15, 0.2) is 12.4 Å². The second kappa shape index (κ2) is 10.8. The molecule has 0 unspecified atom stereocenters. The van der Waals surface area contributed by atoms with Crippen molar-refractivity contribution in [1.82, 2.24) is 5.32 Å². The molecule has 6 heteroatoms. The molecule has 140 valence electrons. The summed E-state index contributed by atoms with van der Waals surface area (Å²) in [6, 6.07) is 6.48. The van der Waals surface area contributed by atoms with Gasteiger partial charge in [0.25, 0.3) is 5.91 Å². The van der Waals surface area contributed by atoms with E-state index in [0.717, 1.165) is 19.3 Å². The largest absolute Gasteiger partial charge is 0.456 e. The standard InChI is InChI=1S/C20H24ClNO4/c21-17-8-6-16(7-9-17)18(23)10-11-20(25)26-14-19(24)22-13-12-15-4-2-1-3-5-15/h4,6-9H,1-3,5,10-14H2,(H,22,24). The number of esters is 1. The highest BCUT2D eigenvalue weighted by Gasteiger charge is 2.12. The van der Waals surface area contributed by atoms with Crippen LogP contribution in [0, 0.1) is 0 Å². The van der Waals surface area contributed by atoms with Gasteiger partial charge in [-0.2, -0.15) is 0 Å². The van der Waals surface area contributed by atoms with Gasteiger partial charge in [-0.15, -0.1) is 0 Å². The molecule has 1 amide bonds. The minimum Gasteiger partial charge on any atom is -0.456 e. The Labute approximate surface area is 158 Å². The van der Waals surface area contributed by atoms with Crippen LogP contribution in [-0.4, -0.2) is 30.8 Å². The van der Waals surface area contributed by atoms with Crippen molar-refractivity contribution in [1.29, 1.82) is 0 Å². The smallest absolute Gasteiger partial charge is 0.306 e. The SMILES string of the molecule is O=C(COC(=O)CCC(=O)c1ccc(Cl)cc1)NCCC1=CCCCC1. The lowest BCUT2D eigenvalue weighted by Crippen LogP contribution is -2.30. The Morgan fingerprint density at radius 2 is 1.85 bits per heavy atom. The number of allylic oxidation sites excluding steroid dienone is 1. The summed E-state index contributed by atoms with van der Waals surface area (Å²) in [5.74, 6) is -1.04. The van der Waals surface area contributed by atoms with Gasteiger partial charge < -0.3 is 10.1 Å². The van der Waals surface area contributed by atoms with E-state index in [1.807, 2.05) is 0 Å². The Balaban J connectivity index is 1.58. The van der Waals surface area contributed by atoms with E-state index in [4.69, 9.17) is 16.3 Å². The van der Waals surface area contributed by atoms with Crippen molar-refractivity contribution < 1.29 is 19.1 Å². The summed E-state index contributed by atoms with van der Waals surface area (Å²) in [6.45, 7) is 0.240. The molecule has 1 aliphatic carbocycles. The number of Topliss-reactive ketones (excluding diaryl/α,β-unsaturated/α-hetero) is 1. The summed E-state index contributed by atoms with van der Waals surface area (Å²) in [4.78, 5) is 35.3. The number of hydrogen-bond acceptors (Lipinski definition) is 4. The van der Waals surface area contributed by atoms with E-state index >= 15 is 0 Å². The molecule has 0 radical (unpaired) electrons. The van der Waals surface area contributed by atoms with Crippen molar-refractivity contribution in [2.24, 2.45) is 0 Å². The molecule has 0 aliphatic heterocycles. The average molecular weight is 378 g/mol. The molecule has 1 N–H and O–H groups in total. The zero-order valence-corrected chi connectivity index (χ0v) is 15.5. The van der Waals surface area contributed by atoms with Crippen LogP contribution in [0.2, 0.25) is 5.02 Å². The molecule has 2 rings (SSSR count). The third kappa shape index (κ3) is 7.40. The van der Waals surface area contributed by atoms with Crippen LogP contribution in [0.15, 0.2) is 35.9 Å². The zero-order chi connectivity index (χ0) is 18.8. The lowest BCUT2D eigenvalue weighted by Gasteiger charge is -2.13. The molecule has 1 aromatic carbocycles. The molecule has 0 spiro atoms. The number of ether oxygens (including phenoxy) is 1. The number of ketones is 1. The molecule has 26 heavy (non-hydrogen) atoms. The molecule has 0 atom stereocenters. The Morgan fingerprint density at radius 3 is 2.54 bits per heavy atom. The van der Waals surface area contributed by atoms with E-state index in [-0.39, 0.29) is 31.1 Å². The number of carbonyl (C=O) groups excluding carboxylic acids is 3. The molecule has 0 saturated carbocycles. The molecule has 1 aromatic rings. The van der Waals surface area contributed by atoms with E-state index in [1.165, 1.54) is 18.4 Å². The van der Waals surface area contributed by atoms with Gasteiger partial charge in [-0.1, -0.05) is 23.3 Å². The van der Waals surface area contributed by atoms with Crippen molar-refractivity contribution in [3.05, 3.63) is 46.5 Å². The highest BCUT2D eigenvalue weighted by Crippen LogP contribution is 2.19. The molecular weight excluding hydrogens is 354 g/mol. The van der Waals surface area contributed by atoms with Crippen LogP contribution in [0.4, 0.5) is 0 Å². The van der Waals surface area contributed by atoms with Crippen LogP contribution in [0.1, 0.15) is 55.3 Å². The fourth-order valence-corrected chi connectivity index (χ4v) is 2.89. The molecule has 0 saturated heterocycles. The lowest BCUT2D eigenvalue weighted by atomic mass is 9.97. The maximum Gasteiger partial charge on any atom is 0.306 e. The van der Waals surface area contributed by atoms with E-state index in [9.17, 15) is 14.4 Å². The molecular formula is C20H24ClNO4. The summed E-state index contributed by atoms with van der Waals surface area (Å²) < 4.78 is 4.91. The van der Waals surface area contributed by atoms with Gasteiger partial charge in [-0.3, -0.25) is 14.4 Å². The summed E-state index contributed by atoms with van der Waals surface area (Å²) >= 11 is 5.77. The number of benzene rings is 1. The van der Waals surface area contributed by atoms with Gasteiger partial charge >= 0.3 is 5.97 Å². The maximum absolute atomic E-state index is 12.0. The summed E-state index contributed by atoms with van der Waals surface area (Å²) in [5, 5.41) is 3.29. The van der Waals surface area contributed by atoms with Crippen molar-refractivity contribution in [2.45, 2.75) is 44.9 Å². The fraction of sp³-hybridized carbons (Fsp3) is 0.450. The van der Waals surface area contributed by atoms with Crippen LogP contribution >= 0.6 is 11.6 Å². The first kappa shape index (κ1) is 20.2. The molecule has 1 aliphatic rings. The summed E-state index contributed by atoms with van der Waals surface area (Å²) in [6.07, 6.45) is 7.75. The normalized spacial score (nSPS) is 13.7. The Bertz CT molecular complexity index is 667. The van der Waals surface area contributed by atoms with Gasteiger partial charge in [0.05, 0.1) is 6.42 Å². The van der Waals surface area contributed by atoms with E-state index in [1.54, 1.807) is 24.3 Å². The van der Waals surface area contributed by atoms with Gasteiger partial charge in [-0.25, -0.2) is 0 Å². The zero-order valence-electron chi connectivity index (χ0n) is 14.8. The van der Waals surface area contributed by atoms with E-state index < -0.39 is 5.97 Å². The first-order valence-corrected chi connectivity index (χ1v) is 9.31. The van der Waals surface area contributed by atoms with Gasteiger partial charge in [-0.05, 0) is 56.4 Å². The van der Waals surface area contributed by atoms with E-state index in [0.29, 0.717) is 17.1 Å². The number of carbonyl (C=O) groups is 3. The van der Waals surface area contributed by atoms with Crippen LogP contribution in [-0.2, 0) is 14.3 Å². The second-order valence-electron chi connectivity index (χ2n) is 6.30. The predicted molar refractivity (Wildman–Crippen MR) is 100 cm³/mol. The predicted octanol–water partition coefficient (Wildman–Crippen LogP) is 3.85. The Kier molecular flexibility index (Phi) is 8.35. The highest BCUT2D eigenvalue weighted by molar-refractivity contribution is 6.30. The number of nitrogens with one attached hydrogen (secondary N) is 1. The summed E-state index contributed by atoms with van der Waals surface area (Å²) in [7, 11) is 0. The minimum absolute atomic E-state index is 0.0379. The number of hydrogen-bond donors (Lipinski definition) is 1. The number of halogens is 1. The second-order valence-corrected chi connectivity index (χ2v) is 6.74. The molecule has 0 aromatic heterocycles. The first-order valence-electron chi connectivity index (χ1n) is 8.93. The first-order chi connectivity index (χ1) is 12.5. The van der Waals surface area contributed by atoms with Crippen molar-refractivity contribution in [3.8, 4) is 0 Å². The third-order valence-corrected chi connectivity index (χ3v) is 4.49. The lowest BCUT2D eigenvalue weighted by molar-refractivity contribution is -0.148. The number of amides is 1. The Morgan fingerprint density at radius 1 is 1.08 bits per heavy atom. The van der Waals surface area contributed by atoms with Crippen LogP contribution in [0.5, 0.6) is 0 Å². The van der Waals surface area contributed by atoms with Crippen molar-refractivity contribution >= 4 is 29.3 Å². The van der Waals surface area contributed by atoms with Gasteiger partial charge in [0, 0.05) is 23.6 Å². The topological polar surface area (TPSA) is 72.5 Å². The Hall–Kier alpha value is -2.14. The maximum atomic E-state index is 12.0. The monoisotopic (exact) mass is 377 g/mol. The quantitative estimate of drug-likeness (QED) is 0.403. The molecule has 0 bridgehead atoms. The van der Waals surface area contributed by atoms with E-state index in [2.05, 4.69) is 11.4 Å². The third-order valence-electron chi connectivity index (χ3n) is 4.24. The van der Waals surface area contributed by atoms with Crippen LogP contribution < -0.4 is 5.32 Å². The fourth-order valence-electron chi connectivity index (χ4n) is 2.76. The van der Waals surface area contributed by atoms with Gasteiger partial charge in [0.1, 0.15) is 0 Å². The minimum atomic E-state index is -0.558. The van der Waals surface area contributed by atoms with Crippen LogP contribution in [0.3, 0.4) is 0 Å². The van der Waals surface area contributed by atoms with Crippen LogP contribution in [0.25, 0.3) is 0 Å². The average Bonchev–Trinajstić information content (AvgIpc) is 2.66. The van der Waals surface area contributed by atoms with Gasteiger partial charge in [0.2, 0.25) is 0 Å².